The second-order valence-corrected chi connectivity index (χ2v) is 5.35. The first-order chi connectivity index (χ1) is 10.2. The quantitative estimate of drug-likeness (QED) is 0.659. The summed E-state index contributed by atoms with van der Waals surface area (Å²) in [6.45, 7) is 0. The van der Waals surface area contributed by atoms with Crippen LogP contribution < -0.4 is 4.90 Å². The molecule has 0 aliphatic carbocycles. The molecule has 0 atom stereocenters. The minimum absolute atomic E-state index is 0.974. The van der Waals surface area contributed by atoms with E-state index in [1.807, 2.05) is 0 Å². The number of hydrogen-bond acceptors (Lipinski definition) is 1. The number of para-hydroxylation sites is 2. The Balaban J connectivity index is 1.80. The lowest BCUT2D eigenvalue weighted by atomic mass is 10.2. The molecule has 1 aromatic heterocycles. The Labute approximate surface area is 124 Å². The number of benzene rings is 2. The summed E-state index contributed by atoms with van der Waals surface area (Å²) in [6, 6.07) is 18.8. The highest BCUT2D eigenvalue weighted by Crippen LogP contribution is 2.31. The first-order valence-electron chi connectivity index (χ1n) is 7.05. The van der Waals surface area contributed by atoms with E-state index in [1.54, 1.807) is 0 Å². The molecule has 1 radical (unpaired) electrons. The molecule has 103 valence electrons. The van der Waals surface area contributed by atoms with Gasteiger partial charge >= 0.3 is 0 Å². The predicted octanol–water partition coefficient (Wildman–Crippen LogP) is 3.91. The monoisotopic (exact) mass is 274 g/mol. The van der Waals surface area contributed by atoms with Gasteiger partial charge in [-0.05, 0) is 23.8 Å². The third kappa shape index (κ3) is 1.85. The van der Waals surface area contributed by atoms with E-state index in [9.17, 15) is 0 Å². The Kier molecular flexibility index (Phi) is 2.61. The highest BCUT2D eigenvalue weighted by Gasteiger charge is 2.22. The number of anilines is 1. The van der Waals surface area contributed by atoms with Crippen LogP contribution >= 0.6 is 0 Å². The fourth-order valence-corrected chi connectivity index (χ4v) is 2.88. The Morgan fingerprint density at radius 1 is 0.905 bits per heavy atom. The van der Waals surface area contributed by atoms with E-state index in [1.165, 1.54) is 22.2 Å². The molecule has 4 rings (SSSR count). The first kappa shape index (κ1) is 12.2. The van der Waals surface area contributed by atoms with Crippen LogP contribution in [0.3, 0.4) is 0 Å². The van der Waals surface area contributed by atoms with Crippen molar-refractivity contribution in [2.75, 3.05) is 11.9 Å². The molecule has 3 aromatic rings. The van der Waals surface area contributed by atoms with Crippen molar-refractivity contribution < 1.29 is 0 Å². The van der Waals surface area contributed by atoms with Gasteiger partial charge in [0.25, 0.3) is 0 Å². The average Bonchev–Trinajstić information content (AvgIpc) is 2.99. The van der Waals surface area contributed by atoms with E-state index in [4.69, 9.17) is 4.99 Å². The van der Waals surface area contributed by atoms with E-state index in [0.717, 1.165) is 11.7 Å². The zero-order chi connectivity index (χ0) is 14.4. The van der Waals surface area contributed by atoms with Crippen molar-refractivity contribution in [1.29, 1.82) is 0 Å². The van der Waals surface area contributed by atoms with E-state index in [-0.39, 0.29) is 0 Å². The van der Waals surface area contributed by atoms with Crippen LogP contribution in [0.1, 0.15) is 5.56 Å². The van der Waals surface area contributed by atoms with Crippen LogP contribution in [-0.2, 0) is 7.05 Å². The smallest absolute Gasteiger partial charge is 0.135 e. The van der Waals surface area contributed by atoms with Gasteiger partial charge in [0, 0.05) is 30.7 Å². The van der Waals surface area contributed by atoms with Gasteiger partial charge in [-0.15, -0.1) is 0 Å². The minimum atomic E-state index is 0.974. The molecule has 0 amide bonds. The Morgan fingerprint density at radius 2 is 1.67 bits per heavy atom. The van der Waals surface area contributed by atoms with Crippen LogP contribution in [0.25, 0.3) is 10.9 Å². The lowest BCUT2D eigenvalue weighted by Gasteiger charge is -2.13. The van der Waals surface area contributed by atoms with Crippen molar-refractivity contribution in [2.24, 2.45) is 12.0 Å². The second-order valence-electron chi connectivity index (χ2n) is 5.35. The molecular formula is C18H16N3. The Bertz CT molecular complexity index is 858. The van der Waals surface area contributed by atoms with Gasteiger partial charge in [-0.1, -0.05) is 36.4 Å². The molecule has 0 bridgehead atoms. The van der Waals surface area contributed by atoms with Gasteiger partial charge in [0.1, 0.15) is 11.7 Å². The fraction of sp³-hybridized carbons (Fsp3) is 0.111. The van der Waals surface area contributed by atoms with Gasteiger partial charge in [0.15, 0.2) is 0 Å². The highest BCUT2D eigenvalue weighted by atomic mass is 15.2. The van der Waals surface area contributed by atoms with Gasteiger partial charge in [0.05, 0.1) is 6.42 Å². The van der Waals surface area contributed by atoms with Crippen LogP contribution in [0, 0.1) is 6.42 Å². The molecule has 3 heteroatoms. The predicted molar refractivity (Wildman–Crippen MR) is 88.3 cm³/mol. The number of hydrogen-bond donors (Lipinski definition) is 0. The van der Waals surface area contributed by atoms with Crippen molar-refractivity contribution in [3.8, 4) is 0 Å². The number of rotatable bonds is 1. The van der Waals surface area contributed by atoms with E-state index < -0.39 is 0 Å². The van der Waals surface area contributed by atoms with Gasteiger partial charge < -0.3 is 9.47 Å². The molecule has 21 heavy (non-hydrogen) atoms. The molecule has 0 N–H and O–H groups in total. The topological polar surface area (TPSA) is 20.5 Å². The first-order valence-corrected chi connectivity index (χ1v) is 7.05. The van der Waals surface area contributed by atoms with Gasteiger partial charge in [-0.25, -0.2) is 4.99 Å². The molecule has 0 saturated carbocycles. The Morgan fingerprint density at radius 3 is 2.48 bits per heavy atom. The molecule has 2 heterocycles. The normalized spacial score (nSPS) is 15.9. The lowest BCUT2D eigenvalue weighted by molar-refractivity contribution is 0.963. The summed E-state index contributed by atoms with van der Waals surface area (Å²) in [5, 5.41) is 1.22. The molecule has 1 aliphatic rings. The SMILES string of the molecule is CN1C(=Nc2cc3ccccc3n2C)[CH]c2ccccc21. The maximum absolute atomic E-state index is 4.84. The third-order valence-corrected chi connectivity index (χ3v) is 4.08. The largest absolute Gasteiger partial charge is 0.332 e. The van der Waals surface area contributed by atoms with Crippen molar-refractivity contribution in [1.82, 2.24) is 4.57 Å². The van der Waals surface area contributed by atoms with Gasteiger partial charge in [-0.3, -0.25) is 0 Å². The van der Waals surface area contributed by atoms with E-state index in [0.29, 0.717) is 0 Å². The molecule has 1 aliphatic heterocycles. The Hall–Kier alpha value is -2.55. The van der Waals surface area contributed by atoms with Crippen LogP contribution in [0.4, 0.5) is 11.5 Å². The molecule has 0 fully saturated rings. The summed E-state index contributed by atoms with van der Waals surface area (Å²) in [5.41, 5.74) is 3.63. The summed E-state index contributed by atoms with van der Waals surface area (Å²) in [4.78, 5) is 6.97. The molecule has 0 spiro atoms. The van der Waals surface area contributed by atoms with E-state index >= 15 is 0 Å². The zero-order valence-corrected chi connectivity index (χ0v) is 12.1. The third-order valence-electron chi connectivity index (χ3n) is 4.08. The van der Waals surface area contributed by atoms with Crippen molar-refractivity contribution in [3.05, 3.63) is 66.6 Å². The summed E-state index contributed by atoms with van der Waals surface area (Å²) in [6.07, 6.45) is 2.13. The molecule has 0 unspecified atom stereocenters. The van der Waals surface area contributed by atoms with Crippen LogP contribution in [0.15, 0.2) is 59.6 Å². The zero-order valence-electron chi connectivity index (χ0n) is 12.1. The second kappa shape index (κ2) is 4.48. The van der Waals surface area contributed by atoms with Crippen LogP contribution in [0.2, 0.25) is 0 Å². The lowest BCUT2D eigenvalue weighted by Crippen LogP contribution is -2.20. The van der Waals surface area contributed by atoms with Crippen molar-refractivity contribution in [2.45, 2.75) is 0 Å². The van der Waals surface area contributed by atoms with Crippen molar-refractivity contribution >= 4 is 28.2 Å². The number of fused-ring (bicyclic) bond motifs is 2. The number of aromatic nitrogens is 1. The summed E-state index contributed by atoms with van der Waals surface area (Å²) < 4.78 is 2.13. The number of nitrogens with zero attached hydrogens (tertiary/aromatic N) is 3. The number of aryl methyl sites for hydroxylation is 1. The van der Waals surface area contributed by atoms with Crippen molar-refractivity contribution in [3.63, 3.8) is 0 Å². The molecule has 2 aromatic carbocycles. The van der Waals surface area contributed by atoms with Crippen LogP contribution in [-0.4, -0.2) is 17.5 Å². The van der Waals surface area contributed by atoms with Gasteiger partial charge in [0.2, 0.25) is 0 Å². The maximum atomic E-state index is 4.84. The summed E-state index contributed by atoms with van der Waals surface area (Å²) >= 11 is 0. The molecular weight excluding hydrogens is 258 g/mol. The number of aliphatic imine (C=N–C) groups is 1. The van der Waals surface area contributed by atoms with Gasteiger partial charge in [-0.2, -0.15) is 0 Å². The summed E-state index contributed by atoms with van der Waals surface area (Å²) in [5.74, 6) is 1.95. The number of likely N-dealkylation sites (N-methyl/N-ethyl adjacent to an activating group) is 1. The fourth-order valence-electron chi connectivity index (χ4n) is 2.88. The van der Waals surface area contributed by atoms with E-state index in [2.05, 4.69) is 84.6 Å². The highest BCUT2D eigenvalue weighted by molar-refractivity contribution is 6.12. The maximum Gasteiger partial charge on any atom is 0.135 e. The standard InChI is InChI=1S/C18H16N3/c1-20-15-9-5-3-7-13(15)11-17(20)19-18-12-14-8-4-6-10-16(14)21(18)2/h3-12H,1-2H3. The van der Waals surface area contributed by atoms with Crippen LogP contribution in [0.5, 0.6) is 0 Å². The summed E-state index contributed by atoms with van der Waals surface area (Å²) in [7, 11) is 4.12. The number of amidine groups is 1. The average molecular weight is 274 g/mol. The molecule has 3 nitrogen and oxygen atoms in total. The minimum Gasteiger partial charge on any atom is -0.332 e. The molecule has 0 saturated heterocycles.